The molecule has 0 aromatic heterocycles. The molecule has 0 fully saturated rings. The first-order valence-corrected chi connectivity index (χ1v) is 15.6. The van der Waals surface area contributed by atoms with Gasteiger partial charge in [0.25, 0.3) is 0 Å². The van der Waals surface area contributed by atoms with Crippen LogP contribution in [0.25, 0.3) is 0 Å². The van der Waals surface area contributed by atoms with Crippen LogP contribution in [0.2, 0.25) is 36.3 Å². The van der Waals surface area contributed by atoms with Crippen LogP contribution in [0.15, 0.2) is 0 Å². The van der Waals surface area contributed by atoms with Crippen LogP contribution in [0.3, 0.4) is 0 Å². The lowest BCUT2D eigenvalue weighted by atomic mass is 10.1. The van der Waals surface area contributed by atoms with Crippen molar-refractivity contribution in [1.82, 2.24) is 0 Å². The maximum Gasteiger partial charge on any atom is 0.308 e. The van der Waals surface area contributed by atoms with Crippen LogP contribution in [0.4, 0.5) is 0 Å². The SMILES string of the molecule is COC(=O)CC(CC(CC=O)O[Si](C)(C)C(C)(C)C)O[Si](C)(C)C(C)(C)C. The number of rotatable bonds is 10. The molecule has 0 bridgehead atoms. The largest absolute Gasteiger partial charge is 0.469 e. The summed E-state index contributed by atoms with van der Waals surface area (Å²) < 4.78 is 17.9. The summed E-state index contributed by atoms with van der Waals surface area (Å²) in [4.78, 5) is 23.2. The quantitative estimate of drug-likeness (QED) is 0.273. The van der Waals surface area contributed by atoms with Crippen LogP contribution in [0.1, 0.15) is 60.8 Å². The van der Waals surface area contributed by atoms with E-state index in [0.717, 1.165) is 6.29 Å². The Hall–Kier alpha value is -0.506. The number of carbonyl (C=O) groups excluding carboxylic acids is 2. The van der Waals surface area contributed by atoms with Gasteiger partial charge in [0.2, 0.25) is 0 Å². The number of esters is 1. The molecular formula is C20H42O5Si2. The van der Waals surface area contributed by atoms with E-state index >= 15 is 0 Å². The monoisotopic (exact) mass is 418 g/mol. The Morgan fingerprint density at radius 1 is 0.889 bits per heavy atom. The summed E-state index contributed by atoms with van der Waals surface area (Å²) in [5, 5.41) is 0.0775. The molecule has 0 aliphatic rings. The number of ether oxygens (including phenoxy) is 1. The van der Waals surface area contributed by atoms with Crippen molar-refractivity contribution in [2.45, 2.75) is 109 Å². The molecule has 0 aromatic rings. The van der Waals surface area contributed by atoms with Gasteiger partial charge in [0, 0.05) is 6.42 Å². The van der Waals surface area contributed by atoms with Crippen molar-refractivity contribution in [1.29, 1.82) is 0 Å². The molecule has 0 amide bonds. The molecule has 0 rings (SSSR count). The summed E-state index contributed by atoms with van der Waals surface area (Å²) in [5.41, 5.74) is 0. The average molecular weight is 419 g/mol. The van der Waals surface area contributed by atoms with E-state index in [-0.39, 0.29) is 34.7 Å². The van der Waals surface area contributed by atoms with Gasteiger partial charge in [-0.05, 0) is 42.7 Å². The molecule has 0 saturated carbocycles. The maximum atomic E-state index is 12.0. The molecule has 0 aliphatic carbocycles. The van der Waals surface area contributed by atoms with E-state index in [4.69, 9.17) is 13.6 Å². The molecule has 0 radical (unpaired) electrons. The summed E-state index contributed by atoms with van der Waals surface area (Å²) >= 11 is 0. The van der Waals surface area contributed by atoms with E-state index in [1.54, 1.807) is 0 Å². The van der Waals surface area contributed by atoms with Crippen LogP contribution < -0.4 is 0 Å². The fourth-order valence-corrected chi connectivity index (χ4v) is 4.97. The number of hydrogen-bond donors (Lipinski definition) is 0. The van der Waals surface area contributed by atoms with Gasteiger partial charge in [-0.25, -0.2) is 0 Å². The minimum absolute atomic E-state index is 0.0296. The number of carbonyl (C=O) groups is 2. The van der Waals surface area contributed by atoms with Gasteiger partial charge in [-0.1, -0.05) is 41.5 Å². The number of hydrogen-bond acceptors (Lipinski definition) is 5. The van der Waals surface area contributed by atoms with Gasteiger partial charge >= 0.3 is 5.97 Å². The van der Waals surface area contributed by atoms with Crippen molar-refractivity contribution in [3.05, 3.63) is 0 Å². The third-order valence-corrected chi connectivity index (χ3v) is 15.1. The van der Waals surface area contributed by atoms with E-state index in [1.165, 1.54) is 7.11 Å². The standard InChI is InChI=1S/C20H42O5Si2/c1-19(2,3)26(8,9)24-16(12-13-21)14-17(15-18(22)23-7)25-27(10,11)20(4,5)6/h13,16-17H,12,14-15H2,1-11H3. The van der Waals surface area contributed by atoms with E-state index < -0.39 is 16.6 Å². The first-order chi connectivity index (χ1) is 12.0. The van der Waals surface area contributed by atoms with Crippen molar-refractivity contribution >= 4 is 28.9 Å². The fourth-order valence-electron chi connectivity index (χ4n) is 2.22. The Morgan fingerprint density at radius 2 is 1.30 bits per heavy atom. The van der Waals surface area contributed by atoms with Gasteiger partial charge in [-0.15, -0.1) is 0 Å². The maximum absolute atomic E-state index is 12.0. The second-order valence-corrected chi connectivity index (χ2v) is 19.9. The van der Waals surface area contributed by atoms with Crippen molar-refractivity contribution in [3.8, 4) is 0 Å². The van der Waals surface area contributed by atoms with E-state index in [1.807, 2.05) is 0 Å². The summed E-state index contributed by atoms with van der Waals surface area (Å²) in [6, 6.07) is 0. The van der Waals surface area contributed by atoms with Gasteiger partial charge in [-0.3, -0.25) is 4.79 Å². The lowest BCUT2D eigenvalue weighted by Gasteiger charge is -2.42. The molecule has 160 valence electrons. The molecule has 2 unspecified atom stereocenters. The topological polar surface area (TPSA) is 61.8 Å². The first kappa shape index (κ1) is 26.5. The van der Waals surface area contributed by atoms with Crippen molar-refractivity contribution in [2.75, 3.05) is 7.11 Å². The van der Waals surface area contributed by atoms with E-state index in [9.17, 15) is 9.59 Å². The summed E-state index contributed by atoms with van der Waals surface area (Å²) in [7, 11) is -2.72. The van der Waals surface area contributed by atoms with Crippen molar-refractivity contribution < 1.29 is 23.2 Å². The van der Waals surface area contributed by atoms with Gasteiger partial charge in [-0.2, -0.15) is 0 Å². The smallest absolute Gasteiger partial charge is 0.308 e. The van der Waals surface area contributed by atoms with Gasteiger partial charge in [0.1, 0.15) is 6.29 Å². The van der Waals surface area contributed by atoms with Gasteiger partial charge < -0.3 is 18.4 Å². The summed E-state index contributed by atoms with van der Waals surface area (Å²) in [6.45, 7) is 21.7. The third kappa shape index (κ3) is 8.58. The van der Waals surface area contributed by atoms with Gasteiger partial charge in [0.05, 0.1) is 25.7 Å². The van der Waals surface area contributed by atoms with E-state index in [2.05, 4.69) is 67.7 Å². The molecule has 0 spiro atoms. The van der Waals surface area contributed by atoms with Crippen molar-refractivity contribution in [3.63, 3.8) is 0 Å². The van der Waals surface area contributed by atoms with Crippen molar-refractivity contribution in [2.24, 2.45) is 0 Å². The predicted molar refractivity (Wildman–Crippen MR) is 116 cm³/mol. The Bertz CT molecular complexity index is 490. The predicted octanol–water partition coefficient (Wildman–Crippen LogP) is 5.31. The zero-order valence-electron chi connectivity index (χ0n) is 19.4. The third-order valence-electron chi connectivity index (χ3n) is 6.04. The van der Waals surface area contributed by atoms with Crippen LogP contribution in [0.5, 0.6) is 0 Å². The Labute approximate surface area is 168 Å². The lowest BCUT2D eigenvalue weighted by Crippen LogP contribution is -2.47. The fraction of sp³-hybridized carbons (Fsp3) is 0.900. The van der Waals surface area contributed by atoms with Crippen LogP contribution in [-0.4, -0.2) is 48.2 Å². The number of aldehydes is 1. The molecule has 0 saturated heterocycles. The van der Waals surface area contributed by atoms with Crippen LogP contribution >= 0.6 is 0 Å². The highest BCUT2D eigenvalue weighted by Gasteiger charge is 2.42. The Morgan fingerprint density at radius 3 is 1.63 bits per heavy atom. The highest BCUT2D eigenvalue weighted by atomic mass is 28.4. The minimum Gasteiger partial charge on any atom is -0.469 e. The highest BCUT2D eigenvalue weighted by molar-refractivity contribution is 6.74. The first-order valence-electron chi connectivity index (χ1n) is 9.83. The molecule has 0 aliphatic heterocycles. The lowest BCUT2D eigenvalue weighted by molar-refractivity contribution is -0.142. The second kappa shape index (κ2) is 9.81. The average Bonchev–Trinajstić information content (AvgIpc) is 2.43. The molecule has 2 atom stereocenters. The Kier molecular flexibility index (Phi) is 9.62. The molecular weight excluding hydrogens is 376 g/mol. The van der Waals surface area contributed by atoms with E-state index in [0.29, 0.717) is 12.8 Å². The van der Waals surface area contributed by atoms with Crippen LogP contribution in [-0.2, 0) is 23.2 Å². The summed E-state index contributed by atoms with van der Waals surface area (Å²) in [6.07, 6.45) is 1.35. The van der Waals surface area contributed by atoms with Gasteiger partial charge in [0.15, 0.2) is 16.6 Å². The summed E-state index contributed by atoms with van der Waals surface area (Å²) in [5.74, 6) is -0.295. The van der Waals surface area contributed by atoms with Crippen LogP contribution in [0, 0.1) is 0 Å². The normalized spacial score (nSPS) is 16.0. The Balaban J connectivity index is 5.50. The zero-order valence-corrected chi connectivity index (χ0v) is 21.4. The highest BCUT2D eigenvalue weighted by Crippen LogP contribution is 2.40. The molecule has 0 heterocycles. The molecule has 5 nitrogen and oxygen atoms in total. The molecule has 0 aromatic carbocycles. The molecule has 7 heteroatoms. The minimum atomic E-state index is -2.07. The number of methoxy groups -OCH3 is 1. The molecule has 0 N–H and O–H groups in total. The molecule has 27 heavy (non-hydrogen) atoms. The zero-order chi connectivity index (χ0) is 21.7. The second-order valence-electron chi connectivity index (χ2n) is 10.4.